The molecule has 206 valence electrons. The van der Waals surface area contributed by atoms with E-state index >= 15 is 4.39 Å². The minimum absolute atomic E-state index is 0.116. The average molecular weight is 542 g/mol. The first-order chi connectivity index (χ1) is 19.2. The number of carbonyl (C=O) groups excluding carboxylic acids is 3. The fraction of sp³-hybridized carbons (Fsp3) is 0.258. The molecule has 3 amide bonds. The first kappa shape index (κ1) is 27.1. The minimum atomic E-state index is -0.608. The summed E-state index contributed by atoms with van der Waals surface area (Å²) in [7, 11) is 3.71. The summed E-state index contributed by atoms with van der Waals surface area (Å²) in [5.74, 6) is -1.03. The van der Waals surface area contributed by atoms with E-state index in [2.05, 4.69) is 15.6 Å². The van der Waals surface area contributed by atoms with Gasteiger partial charge in [-0.1, -0.05) is 42.5 Å². The zero-order valence-electron chi connectivity index (χ0n) is 22.7. The second-order valence-electron chi connectivity index (χ2n) is 10.3. The van der Waals surface area contributed by atoms with Crippen molar-refractivity contribution in [2.45, 2.75) is 31.8 Å². The SMILES string of the molecule is CC(=O)Nc1ccc(-c2[nH]c3ccc(NC(=O)[C@@H]4CCCN4C(=O)[C@@H](c4ccccc4)N(C)C)cc3c2F)cc1. The fourth-order valence-corrected chi connectivity index (χ4v) is 5.34. The van der Waals surface area contributed by atoms with Gasteiger partial charge >= 0.3 is 0 Å². The number of aromatic nitrogens is 1. The molecular weight excluding hydrogens is 509 g/mol. The smallest absolute Gasteiger partial charge is 0.247 e. The molecule has 4 aromatic rings. The van der Waals surface area contributed by atoms with Crippen LogP contribution in [0.5, 0.6) is 0 Å². The van der Waals surface area contributed by atoms with Crippen molar-refractivity contribution in [2.75, 3.05) is 31.3 Å². The van der Waals surface area contributed by atoms with E-state index in [1.165, 1.54) is 6.92 Å². The summed E-state index contributed by atoms with van der Waals surface area (Å²) in [6, 6.07) is 20.3. The lowest BCUT2D eigenvalue weighted by atomic mass is 10.0. The number of carbonyl (C=O) groups is 3. The van der Waals surface area contributed by atoms with Gasteiger partial charge in [0, 0.05) is 41.3 Å². The van der Waals surface area contributed by atoms with Crippen molar-refractivity contribution in [3.8, 4) is 11.3 Å². The molecular formula is C31H32FN5O3. The summed E-state index contributed by atoms with van der Waals surface area (Å²) in [5, 5.41) is 5.94. The van der Waals surface area contributed by atoms with Crippen LogP contribution in [0, 0.1) is 5.82 Å². The molecule has 3 aromatic carbocycles. The topological polar surface area (TPSA) is 97.5 Å². The van der Waals surface area contributed by atoms with Gasteiger partial charge in [0.25, 0.3) is 0 Å². The van der Waals surface area contributed by atoms with E-state index < -0.39 is 17.9 Å². The fourth-order valence-electron chi connectivity index (χ4n) is 5.34. The standard InChI is InChI=1S/C31H32FN5O3/c1-19(38)33-22-13-11-20(12-14-22)28-27(32)24-18-23(15-16-25(24)35-28)34-30(39)26-10-7-17-37(26)31(40)29(36(2)3)21-8-5-4-6-9-21/h4-6,8-9,11-16,18,26,29,35H,7,10,17H2,1-3H3,(H,33,38)(H,34,39)/t26-,29+/m0/s1. The number of rotatable bonds is 7. The number of aromatic amines is 1. The Morgan fingerprint density at radius 3 is 2.35 bits per heavy atom. The van der Waals surface area contributed by atoms with Crippen LogP contribution in [-0.4, -0.2) is 59.2 Å². The van der Waals surface area contributed by atoms with Crippen molar-refractivity contribution >= 4 is 40.0 Å². The Labute approximate surface area is 232 Å². The molecule has 0 unspecified atom stereocenters. The Bertz CT molecular complexity index is 1550. The Kier molecular flexibility index (Phi) is 7.66. The molecule has 0 spiro atoms. The molecule has 1 fully saturated rings. The lowest BCUT2D eigenvalue weighted by Gasteiger charge is -2.31. The maximum Gasteiger partial charge on any atom is 0.247 e. The predicted molar refractivity (Wildman–Crippen MR) is 154 cm³/mol. The van der Waals surface area contributed by atoms with Gasteiger partial charge in [0.1, 0.15) is 12.1 Å². The highest BCUT2D eigenvalue weighted by Crippen LogP contribution is 2.32. The highest BCUT2D eigenvalue weighted by atomic mass is 19.1. The molecule has 9 heteroatoms. The molecule has 5 rings (SSSR count). The van der Waals surface area contributed by atoms with E-state index in [1.807, 2.05) is 49.3 Å². The monoisotopic (exact) mass is 541 g/mol. The van der Waals surface area contributed by atoms with Crippen LogP contribution in [0.1, 0.15) is 31.4 Å². The van der Waals surface area contributed by atoms with Crippen molar-refractivity contribution in [3.63, 3.8) is 0 Å². The van der Waals surface area contributed by atoms with Crippen LogP contribution in [0.25, 0.3) is 22.2 Å². The average Bonchev–Trinajstić information content (AvgIpc) is 3.55. The number of likely N-dealkylation sites (N-methyl/N-ethyl adjacent to an activating group) is 1. The number of likely N-dealkylation sites (tertiary alicyclic amines) is 1. The van der Waals surface area contributed by atoms with Gasteiger partial charge in [-0.25, -0.2) is 4.39 Å². The lowest BCUT2D eigenvalue weighted by Crippen LogP contribution is -2.47. The second kappa shape index (κ2) is 11.3. The molecule has 0 bridgehead atoms. The number of hydrogen-bond donors (Lipinski definition) is 3. The largest absolute Gasteiger partial charge is 0.352 e. The highest BCUT2D eigenvalue weighted by molar-refractivity contribution is 6.00. The summed E-state index contributed by atoms with van der Waals surface area (Å²) in [6.07, 6.45) is 1.29. The predicted octanol–water partition coefficient (Wildman–Crippen LogP) is 5.16. The summed E-state index contributed by atoms with van der Waals surface area (Å²) in [6.45, 7) is 1.93. The Morgan fingerprint density at radius 2 is 1.68 bits per heavy atom. The van der Waals surface area contributed by atoms with E-state index in [0.717, 1.165) is 12.0 Å². The van der Waals surface area contributed by atoms with Gasteiger partial charge in [0.05, 0.1) is 5.69 Å². The number of benzene rings is 3. The van der Waals surface area contributed by atoms with Gasteiger partial charge in [0.2, 0.25) is 17.7 Å². The Hall–Kier alpha value is -4.50. The van der Waals surface area contributed by atoms with Gasteiger partial charge in [0.15, 0.2) is 5.82 Å². The van der Waals surface area contributed by atoms with Crippen molar-refractivity contribution in [1.82, 2.24) is 14.8 Å². The Morgan fingerprint density at radius 1 is 0.975 bits per heavy atom. The van der Waals surface area contributed by atoms with Crippen LogP contribution in [0.2, 0.25) is 0 Å². The van der Waals surface area contributed by atoms with Crippen LogP contribution in [-0.2, 0) is 14.4 Å². The number of halogens is 1. The molecule has 2 atom stereocenters. The maximum absolute atomic E-state index is 15.5. The number of fused-ring (bicyclic) bond motifs is 1. The van der Waals surface area contributed by atoms with Crippen molar-refractivity contribution in [1.29, 1.82) is 0 Å². The van der Waals surface area contributed by atoms with Crippen LogP contribution in [0.15, 0.2) is 72.8 Å². The molecule has 1 aromatic heterocycles. The number of hydrogen-bond acceptors (Lipinski definition) is 4. The van der Waals surface area contributed by atoms with E-state index in [0.29, 0.717) is 46.5 Å². The van der Waals surface area contributed by atoms with Gasteiger partial charge in [-0.3, -0.25) is 19.3 Å². The molecule has 2 heterocycles. The van der Waals surface area contributed by atoms with Crippen LogP contribution in [0.3, 0.4) is 0 Å². The van der Waals surface area contributed by atoms with Crippen molar-refractivity contribution < 1.29 is 18.8 Å². The van der Waals surface area contributed by atoms with Gasteiger partial charge < -0.3 is 20.5 Å². The first-order valence-corrected chi connectivity index (χ1v) is 13.2. The van der Waals surface area contributed by atoms with Gasteiger partial charge in [-0.2, -0.15) is 0 Å². The zero-order valence-corrected chi connectivity index (χ0v) is 22.7. The van der Waals surface area contributed by atoms with E-state index in [4.69, 9.17) is 0 Å². The van der Waals surface area contributed by atoms with Gasteiger partial charge in [-0.05, 0) is 62.8 Å². The third-order valence-electron chi connectivity index (χ3n) is 7.20. The summed E-state index contributed by atoms with van der Waals surface area (Å²) >= 11 is 0. The second-order valence-corrected chi connectivity index (χ2v) is 10.3. The molecule has 1 aliphatic rings. The zero-order chi connectivity index (χ0) is 28.4. The maximum atomic E-state index is 15.5. The molecule has 8 nitrogen and oxygen atoms in total. The molecule has 0 aliphatic carbocycles. The molecule has 40 heavy (non-hydrogen) atoms. The lowest BCUT2D eigenvalue weighted by molar-refractivity contribution is -0.140. The molecule has 1 aliphatic heterocycles. The quantitative estimate of drug-likeness (QED) is 0.301. The summed E-state index contributed by atoms with van der Waals surface area (Å²) in [4.78, 5) is 44.9. The van der Waals surface area contributed by atoms with E-state index in [-0.39, 0.29) is 17.7 Å². The van der Waals surface area contributed by atoms with Crippen LogP contribution in [0.4, 0.5) is 15.8 Å². The highest BCUT2D eigenvalue weighted by Gasteiger charge is 2.38. The van der Waals surface area contributed by atoms with Crippen LogP contribution >= 0.6 is 0 Å². The Balaban J connectivity index is 1.34. The summed E-state index contributed by atoms with van der Waals surface area (Å²) in [5.41, 5.74) is 3.48. The first-order valence-electron chi connectivity index (χ1n) is 13.2. The van der Waals surface area contributed by atoms with Crippen LogP contribution < -0.4 is 10.6 Å². The van der Waals surface area contributed by atoms with E-state index in [1.54, 1.807) is 47.4 Å². The van der Waals surface area contributed by atoms with Gasteiger partial charge in [-0.15, -0.1) is 0 Å². The number of anilines is 2. The molecule has 0 saturated carbocycles. The third-order valence-corrected chi connectivity index (χ3v) is 7.20. The number of H-pyrrole nitrogens is 1. The minimum Gasteiger partial charge on any atom is -0.352 e. The van der Waals surface area contributed by atoms with Crippen molar-refractivity contribution in [2.24, 2.45) is 0 Å². The van der Waals surface area contributed by atoms with Crippen molar-refractivity contribution in [3.05, 3.63) is 84.2 Å². The third kappa shape index (κ3) is 5.46. The van der Waals surface area contributed by atoms with E-state index in [9.17, 15) is 14.4 Å². The molecule has 1 saturated heterocycles. The number of nitrogens with one attached hydrogen (secondary N) is 3. The molecule has 0 radical (unpaired) electrons. The number of nitrogens with zero attached hydrogens (tertiary/aromatic N) is 2. The number of amides is 3. The molecule has 3 N–H and O–H groups in total. The summed E-state index contributed by atoms with van der Waals surface area (Å²) < 4.78 is 15.5. The normalized spacial score (nSPS) is 15.8.